The molecule has 2 aliphatic rings. The van der Waals surface area contributed by atoms with Gasteiger partial charge in [0.15, 0.2) is 0 Å². The van der Waals surface area contributed by atoms with Gasteiger partial charge in [0, 0.05) is 0 Å². The van der Waals surface area contributed by atoms with Gasteiger partial charge in [-0.3, -0.25) is 0 Å². The summed E-state index contributed by atoms with van der Waals surface area (Å²) in [5.74, 6) is 0. The third-order valence-electron chi connectivity index (χ3n) is 9.22. The minimum atomic E-state index is -0.415. The van der Waals surface area contributed by atoms with Gasteiger partial charge in [-0.1, -0.05) is 72.8 Å². The van der Waals surface area contributed by atoms with Crippen molar-refractivity contribution in [3.05, 3.63) is 72.8 Å². The maximum atomic E-state index is 6.43. The second-order valence-electron chi connectivity index (χ2n) is 12.7. The molecule has 0 unspecified atom stereocenters. The second-order valence-corrected chi connectivity index (χ2v) is 12.7. The normalized spacial score (nSPS) is 21.5. The van der Waals surface area contributed by atoms with Crippen LogP contribution in [0.15, 0.2) is 72.8 Å². The lowest BCUT2D eigenvalue weighted by Gasteiger charge is -2.32. The Morgan fingerprint density at radius 3 is 1.00 bits per heavy atom. The van der Waals surface area contributed by atoms with E-state index in [2.05, 4.69) is 128 Å². The van der Waals surface area contributed by atoms with Crippen LogP contribution in [0, 0.1) is 0 Å². The Hall–Kier alpha value is -2.63. The van der Waals surface area contributed by atoms with E-state index in [9.17, 15) is 0 Å². The van der Waals surface area contributed by atoms with E-state index in [-0.39, 0.29) is 0 Å². The molecule has 2 heterocycles. The summed E-state index contributed by atoms with van der Waals surface area (Å²) in [6.07, 6.45) is 0. The quantitative estimate of drug-likeness (QED) is 0.308. The van der Waals surface area contributed by atoms with Gasteiger partial charge in [-0.2, -0.15) is 0 Å². The van der Waals surface area contributed by atoms with Crippen molar-refractivity contribution in [2.24, 2.45) is 0 Å². The molecule has 2 fully saturated rings. The van der Waals surface area contributed by atoms with E-state index in [0.29, 0.717) is 0 Å². The van der Waals surface area contributed by atoms with Gasteiger partial charge in [0.05, 0.1) is 22.4 Å². The molecule has 4 aromatic rings. The van der Waals surface area contributed by atoms with Gasteiger partial charge in [0.1, 0.15) is 0 Å². The molecule has 4 aromatic carbocycles. The molecule has 0 amide bonds. The lowest BCUT2D eigenvalue weighted by atomic mass is 9.73. The molecular weight excluding hydrogens is 470 g/mol. The first-order valence-corrected chi connectivity index (χ1v) is 13.6. The largest absolute Gasteiger partial charge is 0.495 e. The minimum Gasteiger partial charge on any atom is -0.399 e. The van der Waals surface area contributed by atoms with Crippen molar-refractivity contribution in [2.45, 2.75) is 77.8 Å². The summed E-state index contributed by atoms with van der Waals surface area (Å²) in [6, 6.07) is 25.8. The number of hydrogen-bond donors (Lipinski definition) is 0. The maximum Gasteiger partial charge on any atom is 0.495 e. The van der Waals surface area contributed by atoms with Crippen molar-refractivity contribution in [1.82, 2.24) is 0 Å². The Morgan fingerprint density at radius 2 is 0.684 bits per heavy atom. The highest BCUT2D eigenvalue weighted by atomic mass is 16.7. The predicted molar refractivity (Wildman–Crippen MR) is 158 cm³/mol. The van der Waals surface area contributed by atoms with E-state index >= 15 is 0 Å². The fraction of sp³-hybridized carbons (Fsp3) is 0.375. The fourth-order valence-corrected chi connectivity index (χ4v) is 5.47. The van der Waals surface area contributed by atoms with Crippen molar-refractivity contribution in [3.8, 4) is 11.1 Å². The zero-order chi connectivity index (χ0) is 27.1. The highest BCUT2D eigenvalue weighted by molar-refractivity contribution is 6.66. The Balaban J connectivity index is 1.48. The standard InChI is InChI=1S/C32H36B2O4/c1-29(2)30(3,4)36-33(35-29)27-19-17-23(21-13-9-11-15-25(21)27)24-18-20-28(26-16-12-10-14-22(24)26)34-37-31(5,6)32(7,8)38-34/h9-20H,1-8H3. The highest BCUT2D eigenvalue weighted by Crippen LogP contribution is 2.40. The molecule has 6 heteroatoms. The van der Waals surface area contributed by atoms with Crippen LogP contribution in [0.2, 0.25) is 0 Å². The van der Waals surface area contributed by atoms with Crippen LogP contribution in [0.25, 0.3) is 32.7 Å². The van der Waals surface area contributed by atoms with E-state index in [1.807, 2.05) is 0 Å². The average Bonchev–Trinajstić information content (AvgIpc) is 3.21. The fourth-order valence-electron chi connectivity index (χ4n) is 5.47. The first-order chi connectivity index (χ1) is 17.8. The molecule has 0 radical (unpaired) electrons. The maximum absolute atomic E-state index is 6.43. The zero-order valence-corrected chi connectivity index (χ0v) is 23.7. The molecular formula is C32H36B2O4. The van der Waals surface area contributed by atoms with Crippen LogP contribution in [0.3, 0.4) is 0 Å². The lowest BCUT2D eigenvalue weighted by Crippen LogP contribution is -2.41. The summed E-state index contributed by atoms with van der Waals surface area (Å²) in [7, 11) is -0.831. The number of fused-ring (bicyclic) bond motifs is 2. The molecule has 0 saturated carbocycles. The van der Waals surface area contributed by atoms with E-state index < -0.39 is 36.6 Å². The van der Waals surface area contributed by atoms with E-state index in [1.165, 1.54) is 21.9 Å². The van der Waals surface area contributed by atoms with Crippen molar-refractivity contribution in [3.63, 3.8) is 0 Å². The van der Waals surface area contributed by atoms with E-state index in [4.69, 9.17) is 18.6 Å². The molecule has 0 aromatic heterocycles. The van der Waals surface area contributed by atoms with Crippen LogP contribution >= 0.6 is 0 Å². The summed E-state index contributed by atoms with van der Waals surface area (Å²) in [6.45, 7) is 16.8. The summed E-state index contributed by atoms with van der Waals surface area (Å²) < 4.78 is 25.7. The summed E-state index contributed by atoms with van der Waals surface area (Å²) in [4.78, 5) is 0. The summed E-state index contributed by atoms with van der Waals surface area (Å²) in [5.41, 5.74) is 2.90. The second kappa shape index (κ2) is 8.43. The highest BCUT2D eigenvalue weighted by Gasteiger charge is 2.53. The Labute approximate surface area is 226 Å². The van der Waals surface area contributed by atoms with Crippen molar-refractivity contribution < 1.29 is 18.6 Å². The van der Waals surface area contributed by atoms with E-state index in [0.717, 1.165) is 21.7 Å². The van der Waals surface area contributed by atoms with Crippen LogP contribution < -0.4 is 10.9 Å². The SMILES string of the molecule is CC1(C)OB(c2ccc(-c3ccc(B4OC(C)(C)C(C)(C)O4)c4ccccc34)c3ccccc23)OC1(C)C. The first kappa shape index (κ1) is 25.6. The van der Waals surface area contributed by atoms with Gasteiger partial charge in [-0.15, -0.1) is 0 Å². The van der Waals surface area contributed by atoms with E-state index in [1.54, 1.807) is 0 Å². The monoisotopic (exact) mass is 506 g/mol. The molecule has 0 N–H and O–H groups in total. The molecule has 2 saturated heterocycles. The van der Waals surface area contributed by atoms with Crippen molar-refractivity contribution >= 4 is 46.7 Å². The smallest absolute Gasteiger partial charge is 0.399 e. The van der Waals surface area contributed by atoms with Gasteiger partial charge in [-0.25, -0.2) is 0 Å². The Kier molecular flexibility index (Phi) is 5.69. The molecule has 4 nitrogen and oxygen atoms in total. The van der Waals surface area contributed by atoms with Crippen LogP contribution in [-0.4, -0.2) is 36.6 Å². The minimum absolute atomic E-state index is 0.392. The van der Waals surface area contributed by atoms with Gasteiger partial charge < -0.3 is 18.6 Å². The molecule has 194 valence electrons. The third-order valence-corrected chi connectivity index (χ3v) is 9.22. The first-order valence-electron chi connectivity index (χ1n) is 13.6. The lowest BCUT2D eigenvalue weighted by molar-refractivity contribution is 0.00578. The summed E-state index contributed by atoms with van der Waals surface area (Å²) >= 11 is 0. The third kappa shape index (κ3) is 3.84. The molecule has 38 heavy (non-hydrogen) atoms. The van der Waals surface area contributed by atoms with Crippen LogP contribution in [0.4, 0.5) is 0 Å². The van der Waals surface area contributed by atoms with Crippen LogP contribution in [0.1, 0.15) is 55.4 Å². The van der Waals surface area contributed by atoms with Crippen LogP contribution in [0.5, 0.6) is 0 Å². The Morgan fingerprint density at radius 1 is 0.395 bits per heavy atom. The number of rotatable bonds is 3. The number of hydrogen-bond acceptors (Lipinski definition) is 4. The predicted octanol–water partition coefficient (Wildman–Crippen LogP) is 6.26. The van der Waals surface area contributed by atoms with Crippen LogP contribution in [-0.2, 0) is 18.6 Å². The molecule has 0 aliphatic carbocycles. The average molecular weight is 506 g/mol. The molecule has 0 spiro atoms. The van der Waals surface area contributed by atoms with Crippen molar-refractivity contribution in [1.29, 1.82) is 0 Å². The molecule has 2 aliphatic heterocycles. The molecule has 0 atom stereocenters. The zero-order valence-electron chi connectivity index (χ0n) is 23.7. The van der Waals surface area contributed by atoms with Gasteiger partial charge in [-0.05, 0) is 99.0 Å². The Bertz CT molecular complexity index is 1410. The van der Waals surface area contributed by atoms with Gasteiger partial charge >= 0.3 is 14.2 Å². The molecule has 0 bridgehead atoms. The van der Waals surface area contributed by atoms with Crippen molar-refractivity contribution in [2.75, 3.05) is 0 Å². The van der Waals surface area contributed by atoms with Gasteiger partial charge in [0.25, 0.3) is 0 Å². The topological polar surface area (TPSA) is 36.9 Å². The summed E-state index contributed by atoms with van der Waals surface area (Å²) in [5, 5.41) is 4.63. The van der Waals surface area contributed by atoms with Gasteiger partial charge in [0.2, 0.25) is 0 Å². The number of benzene rings is 4. The molecule has 6 rings (SSSR count).